The minimum absolute atomic E-state index is 0.211. The topological polar surface area (TPSA) is 42.2 Å². The second kappa shape index (κ2) is 4.96. The molecule has 0 bridgehead atoms. The van der Waals surface area contributed by atoms with Crippen molar-refractivity contribution in [3.05, 3.63) is 24.2 Å². The van der Waals surface area contributed by atoms with Crippen molar-refractivity contribution in [3.8, 4) is 0 Å². The third-order valence-electron chi connectivity index (χ3n) is 3.66. The van der Waals surface area contributed by atoms with Crippen LogP contribution in [0, 0.1) is 0 Å². The number of hydrogen-bond acceptors (Lipinski definition) is 3. The molecule has 2 heterocycles. The molecule has 0 atom stereocenters. The molecule has 4 nitrogen and oxygen atoms in total. The summed E-state index contributed by atoms with van der Waals surface area (Å²) in [4.78, 5) is 4.14. The number of halogens is 3. The first-order valence-electron chi connectivity index (χ1n) is 6.49. The molecule has 0 fully saturated rings. The van der Waals surface area contributed by atoms with Crippen LogP contribution in [0.1, 0.15) is 39.3 Å². The van der Waals surface area contributed by atoms with Gasteiger partial charge in [0.05, 0.1) is 0 Å². The van der Waals surface area contributed by atoms with Crippen LogP contribution in [-0.4, -0.2) is 20.1 Å². The maximum Gasteiger partial charge on any atom is 0.435 e. The summed E-state index contributed by atoms with van der Waals surface area (Å²) in [6.07, 6.45) is 0.0698. The van der Waals surface area contributed by atoms with Crippen LogP contribution >= 0.6 is 0 Å². The molecule has 0 unspecified atom stereocenters. The summed E-state index contributed by atoms with van der Waals surface area (Å²) in [5.74, 6) is 0.418. The Morgan fingerprint density at radius 1 is 1.25 bits per heavy atom. The van der Waals surface area contributed by atoms with E-state index in [2.05, 4.69) is 15.4 Å². The Bertz CT molecular complexity index is 599. The van der Waals surface area contributed by atoms with Crippen molar-refractivity contribution >= 4 is 11.3 Å². The van der Waals surface area contributed by atoms with E-state index in [0.717, 1.165) is 18.9 Å². The van der Waals surface area contributed by atoms with E-state index in [4.69, 9.17) is 0 Å². The zero-order valence-corrected chi connectivity index (χ0v) is 11.6. The van der Waals surface area contributed by atoms with Crippen molar-refractivity contribution in [1.82, 2.24) is 14.6 Å². The van der Waals surface area contributed by atoms with E-state index in [-0.39, 0.29) is 5.54 Å². The van der Waals surface area contributed by atoms with E-state index >= 15 is 0 Å². The molecule has 110 valence electrons. The van der Waals surface area contributed by atoms with E-state index in [1.54, 1.807) is 0 Å². The fourth-order valence-electron chi connectivity index (χ4n) is 1.87. The molecule has 0 spiro atoms. The van der Waals surface area contributed by atoms with E-state index in [1.807, 2.05) is 20.8 Å². The fraction of sp³-hybridized carbons (Fsp3) is 0.538. The second-order valence-electron chi connectivity index (χ2n) is 5.03. The van der Waals surface area contributed by atoms with Crippen molar-refractivity contribution < 1.29 is 13.2 Å². The summed E-state index contributed by atoms with van der Waals surface area (Å²) < 4.78 is 39.3. The van der Waals surface area contributed by atoms with Crippen molar-refractivity contribution in [3.63, 3.8) is 0 Å². The van der Waals surface area contributed by atoms with Gasteiger partial charge in [-0.25, -0.2) is 9.50 Å². The minimum Gasteiger partial charge on any atom is -0.363 e. The first-order valence-corrected chi connectivity index (χ1v) is 6.49. The first-order chi connectivity index (χ1) is 9.29. The number of aromatic nitrogens is 3. The molecule has 7 heteroatoms. The average molecular weight is 286 g/mol. The predicted molar refractivity (Wildman–Crippen MR) is 70.6 cm³/mol. The van der Waals surface area contributed by atoms with Gasteiger partial charge in [-0.05, 0) is 19.8 Å². The Balaban J connectivity index is 2.47. The molecule has 2 aromatic heterocycles. The number of alkyl halides is 3. The maximum absolute atomic E-state index is 12.7. The van der Waals surface area contributed by atoms with Crippen LogP contribution in [0.5, 0.6) is 0 Å². The molecule has 0 aliphatic carbocycles. The van der Waals surface area contributed by atoms with Gasteiger partial charge >= 0.3 is 6.18 Å². The Morgan fingerprint density at radius 3 is 2.45 bits per heavy atom. The third kappa shape index (κ3) is 2.71. The second-order valence-corrected chi connectivity index (χ2v) is 5.03. The molecule has 20 heavy (non-hydrogen) atoms. The monoisotopic (exact) mass is 286 g/mol. The highest BCUT2D eigenvalue weighted by Crippen LogP contribution is 2.31. The number of nitrogens with one attached hydrogen (secondary N) is 1. The molecule has 0 amide bonds. The van der Waals surface area contributed by atoms with Crippen LogP contribution in [-0.2, 0) is 6.18 Å². The molecular formula is C13H17F3N4. The Hall–Kier alpha value is -1.79. The van der Waals surface area contributed by atoms with E-state index in [0.29, 0.717) is 11.3 Å². The van der Waals surface area contributed by atoms with Crippen LogP contribution in [0.3, 0.4) is 0 Å². The van der Waals surface area contributed by atoms with Gasteiger partial charge in [0.15, 0.2) is 11.5 Å². The highest BCUT2D eigenvalue weighted by Gasteiger charge is 2.34. The van der Waals surface area contributed by atoms with Gasteiger partial charge in [-0.15, -0.1) is 0 Å². The summed E-state index contributed by atoms with van der Waals surface area (Å²) in [6.45, 7) is 6.06. The molecule has 0 aliphatic rings. The molecule has 2 aromatic rings. The van der Waals surface area contributed by atoms with Gasteiger partial charge in [0.2, 0.25) is 0 Å². The summed E-state index contributed by atoms with van der Waals surface area (Å²) in [5, 5.41) is 6.76. The number of fused-ring (bicyclic) bond motifs is 1. The van der Waals surface area contributed by atoms with Crippen LogP contribution < -0.4 is 5.32 Å². The highest BCUT2D eigenvalue weighted by atomic mass is 19.4. The Labute approximate surface area is 115 Å². The largest absolute Gasteiger partial charge is 0.435 e. The molecule has 0 aliphatic heterocycles. The summed E-state index contributed by atoms with van der Waals surface area (Å²) in [6, 6.07) is 1.01. The van der Waals surface area contributed by atoms with Gasteiger partial charge in [-0.1, -0.05) is 13.8 Å². The molecule has 0 saturated heterocycles. The molecule has 1 N–H and O–H groups in total. The first kappa shape index (κ1) is 14.6. The van der Waals surface area contributed by atoms with Crippen LogP contribution in [0.25, 0.3) is 5.52 Å². The normalized spacial score (nSPS) is 12.9. The lowest BCUT2D eigenvalue weighted by Crippen LogP contribution is -2.33. The lowest BCUT2D eigenvalue weighted by atomic mass is 9.95. The number of hydrogen-bond donors (Lipinski definition) is 1. The van der Waals surface area contributed by atoms with Gasteiger partial charge < -0.3 is 5.32 Å². The van der Waals surface area contributed by atoms with E-state index < -0.39 is 11.9 Å². The lowest BCUT2D eigenvalue weighted by Gasteiger charge is -2.29. The third-order valence-corrected chi connectivity index (χ3v) is 3.66. The number of rotatable bonds is 4. The van der Waals surface area contributed by atoms with Crippen LogP contribution in [0.2, 0.25) is 0 Å². The van der Waals surface area contributed by atoms with E-state index in [9.17, 15) is 13.2 Å². The zero-order valence-electron chi connectivity index (χ0n) is 11.6. The van der Waals surface area contributed by atoms with Crippen molar-refractivity contribution in [2.24, 2.45) is 0 Å². The smallest absolute Gasteiger partial charge is 0.363 e. The van der Waals surface area contributed by atoms with Crippen LogP contribution in [0.4, 0.5) is 19.0 Å². The quantitative estimate of drug-likeness (QED) is 0.931. The minimum atomic E-state index is -4.46. The van der Waals surface area contributed by atoms with Gasteiger partial charge in [-0.2, -0.15) is 18.3 Å². The number of anilines is 1. The molecular weight excluding hydrogens is 269 g/mol. The highest BCUT2D eigenvalue weighted by molar-refractivity contribution is 5.68. The maximum atomic E-state index is 12.7. The van der Waals surface area contributed by atoms with Crippen molar-refractivity contribution in [2.75, 3.05) is 5.32 Å². The van der Waals surface area contributed by atoms with Crippen molar-refractivity contribution in [1.29, 1.82) is 0 Å². The van der Waals surface area contributed by atoms with Gasteiger partial charge in [0.25, 0.3) is 0 Å². The molecule has 0 saturated carbocycles. The van der Waals surface area contributed by atoms with Crippen molar-refractivity contribution in [2.45, 2.75) is 45.3 Å². The Morgan fingerprint density at radius 2 is 1.90 bits per heavy atom. The van der Waals surface area contributed by atoms with Crippen LogP contribution in [0.15, 0.2) is 18.5 Å². The fourth-order valence-corrected chi connectivity index (χ4v) is 1.87. The standard InChI is InChI=1S/C13H17F3N4/c1-4-12(3,5-2)18-11-9-8-10(13(14,15)16)19-20(9)7-6-17-11/h6-8H,4-5H2,1-3H3,(H,17,18). The van der Waals surface area contributed by atoms with Gasteiger partial charge in [-0.3, -0.25) is 0 Å². The SMILES string of the molecule is CCC(C)(CC)Nc1nccn2nc(C(F)(F)F)cc12. The predicted octanol–water partition coefficient (Wildman–Crippen LogP) is 3.74. The summed E-state index contributed by atoms with van der Waals surface area (Å²) in [5.41, 5.74) is -0.798. The number of nitrogens with zero attached hydrogens (tertiary/aromatic N) is 3. The lowest BCUT2D eigenvalue weighted by molar-refractivity contribution is -0.141. The summed E-state index contributed by atoms with van der Waals surface area (Å²) in [7, 11) is 0. The van der Waals surface area contributed by atoms with Gasteiger partial charge in [0, 0.05) is 24.0 Å². The molecule has 0 aromatic carbocycles. The Kier molecular flexibility index (Phi) is 3.62. The molecule has 0 radical (unpaired) electrons. The van der Waals surface area contributed by atoms with Gasteiger partial charge in [0.1, 0.15) is 5.52 Å². The summed E-state index contributed by atoms with van der Waals surface area (Å²) >= 11 is 0. The van der Waals surface area contributed by atoms with E-state index in [1.165, 1.54) is 16.9 Å². The zero-order chi connectivity index (χ0) is 15.0. The molecule has 2 rings (SSSR count). The average Bonchev–Trinajstić information content (AvgIpc) is 2.83.